The summed E-state index contributed by atoms with van der Waals surface area (Å²) in [6.07, 6.45) is 6.06. The van der Waals surface area contributed by atoms with E-state index in [9.17, 15) is 4.79 Å². The van der Waals surface area contributed by atoms with Gasteiger partial charge in [-0.3, -0.25) is 4.79 Å². The van der Waals surface area contributed by atoms with Gasteiger partial charge in [0.15, 0.2) is 6.29 Å². The number of aldehydes is 1. The van der Waals surface area contributed by atoms with Crippen LogP contribution in [-0.2, 0) is 6.42 Å². The second-order valence-corrected chi connectivity index (χ2v) is 3.80. The van der Waals surface area contributed by atoms with Crippen molar-refractivity contribution in [3.63, 3.8) is 0 Å². The minimum absolute atomic E-state index is 0.855. The summed E-state index contributed by atoms with van der Waals surface area (Å²) in [6.45, 7) is 0. The molecule has 2 aromatic rings. The first-order chi connectivity index (χ1) is 7.40. The van der Waals surface area contributed by atoms with Crippen molar-refractivity contribution < 1.29 is 4.79 Å². The van der Waals surface area contributed by atoms with Crippen LogP contribution in [0.3, 0.4) is 0 Å². The first-order valence-corrected chi connectivity index (χ1v) is 5.06. The van der Waals surface area contributed by atoms with Gasteiger partial charge in [-0.1, -0.05) is 36.4 Å². The topological polar surface area (TPSA) is 17.1 Å². The van der Waals surface area contributed by atoms with Crippen LogP contribution < -0.4 is 0 Å². The van der Waals surface area contributed by atoms with Crippen LogP contribution in [0.4, 0.5) is 0 Å². The molecule has 2 aromatic carbocycles. The zero-order valence-corrected chi connectivity index (χ0v) is 8.23. The molecule has 1 aliphatic rings. The van der Waals surface area contributed by atoms with Gasteiger partial charge in [0.25, 0.3) is 0 Å². The van der Waals surface area contributed by atoms with Gasteiger partial charge in [0.1, 0.15) is 0 Å². The Hall–Kier alpha value is -1.89. The minimum Gasteiger partial charge on any atom is -0.298 e. The van der Waals surface area contributed by atoms with E-state index in [0.29, 0.717) is 0 Å². The maximum atomic E-state index is 11.2. The first-order valence-electron chi connectivity index (χ1n) is 5.06. The van der Waals surface area contributed by atoms with Crippen LogP contribution in [0.2, 0.25) is 0 Å². The van der Waals surface area contributed by atoms with E-state index in [1.54, 1.807) is 0 Å². The molecular formula is C14H10O. The highest BCUT2D eigenvalue weighted by Crippen LogP contribution is 2.29. The van der Waals surface area contributed by atoms with E-state index in [-0.39, 0.29) is 0 Å². The Kier molecular flexibility index (Phi) is 1.72. The van der Waals surface area contributed by atoms with Gasteiger partial charge in [-0.25, -0.2) is 0 Å². The molecule has 0 bridgehead atoms. The lowest BCUT2D eigenvalue weighted by Gasteiger charge is -2.07. The lowest BCUT2D eigenvalue weighted by atomic mass is 9.96. The fraction of sp³-hybridized carbons (Fsp3) is 0.0714. The van der Waals surface area contributed by atoms with Crippen LogP contribution in [0.25, 0.3) is 16.8 Å². The van der Waals surface area contributed by atoms with Gasteiger partial charge in [-0.05, 0) is 34.4 Å². The smallest absolute Gasteiger partial charge is 0.150 e. The predicted octanol–water partition coefficient (Wildman–Crippen LogP) is 3.22. The molecule has 15 heavy (non-hydrogen) atoms. The van der Waals surface area contributed by atoms with Gasteiger partial charge in [0.2, 0.25) is 0 Å². The molecular weight excluding hydrogens is 184 g/mol. The third kappa shape index (κ3) is 1.13. The number of rotatable bonds is 1. The zero-order chi connectivity index (χ0) is 10.3. The van der Waals surface area contributed by atoms with Crippen molar-refractivity contribution in [3.05, 3.63) is 53.1 Å². The third-order valence-corrected chi connectivity index (χ3v) is 2.97. The standard InChI is InChI=1S/C14H10O/c15-9-14-12-6-2-1-4-10(12)8-11-5-3-7-13(11)14/h1-6,8-9H,7H2. The Morgan fingerprint density at radius 2 is 2.07 bits per heavy atom. The highest BCUT2D eigenvalue weighted by Gasteiger charge is 2.13. The lowest BCUT2D eigenvalue weighted by Crippen LogP contribution is -1.93. The predicted molar refractivity (Wildman–Crippen MR) is 62.1 cm³/mol. The second-order valence-electron chi connectivity index (χ2n) is 3.80. The molecule has 1 nitrogen and oxygen atoms in total. The van der Waals surface area contributed by atoms with Crippen LogP contribution in [0.15, 0.2) is 36.4 Å². The Morgan fingerprint density at radius 3 is 2.93 bits per heavy atom. The molecule has 0 atom stereocenters. The van der Waals surface area contributed by atoms with Crippen molar-refractivity contribution in [2.24, 2.45) is 0 Å². The van der Waals surface area contributed by atoms with Gasteiger partial charge in [0, 0.05) is 5.56 Å². The molecule has 0 spiro atoms. The number of fused-ring (bicyclic) bond motifs is 2. The summed E-state index contributed by atoms with van der Waals surface area (Å²) in [5.41, 5.74) is 3.22. The maximum absolute atomic E-state index is 11.2. The van der Waals surface area contributed by atoms with E-state index in [2.05, 4.69) is 24.3 Å². The van der Waals surface area contributed by atoms with Crippen molar-refractivity contribution in [1.82, 2.24) is 0 Å². The van der Waals surface area contributed by atoms with Crippen molar-refractivity contribution >= 4 is 23.1 Å². The third-order valence-electron chi connectivity index (χ3n) is 2.97. The lowest BCUT2D eigenvalue weighted by molar-refractivity contribution is 0.112. The number of carbonyl (C=O) groups is 1. The van der Waals surface area contributed by atoms with E-state index < -0.39 is 0 Å². The fourth-order valence-electron chi connectivity index (χ4n) is 2.26. The Labute approximate surface area is 88.0 Å². The van der Waals surface area contributed by atoms with Crippen molar-refractivity contribution in [2.45, 2.75) is 6.42 Å². The summed E-state index contributed by atoms with van der Waals surface area (Å²) < 4.78 is 0. The second kappa shape index (κ2) is 3.06. The van der Waals surface area contributed by atoms with Crippen LogP contribution in [-0.4, -0.2) is 6.29 Å². The van der Waals surface area contributed by atoms with Crippen LogP contribution >= 0.6 is 0 Å². The quantitative estimate of drug-likeness (QED) is 0.637. The monoisotopic (exact) mass is 194 g/mol. The Morgan fingerprint density at radius 1 is 1.20 bits per heavy atom. The van der Waals surface area contributed by atoms with Crippen molar-refractivity contribution in [1.29, 1.82) is 0 Å². The van der Waals surface area contributed by atoms with Crippen LogP contribution in [0.5, 0.6) is 0 Å². The molecule has 0 aromatic heterocycles. The highest BCUT2D eigenvalue weighted by molar-refractivity contribution is 6.02. The molecule has 3 rings (SSSR count). The summed E-state index contributed by atoms with van der Waals surface area (Å²) in [4.78, 5) is 11.2. The van der Waals surface area contributed by atoms with E-state index >= 15 is 0 Å². The van der Waals surface area contributed by atoms with Crippen LogP contribution in [0.1, 0.15) is 21.5 Å². The molecule has 72 valence electrons. The molecule has 0 saturated heterocycles. The van der Waals surface area contributed by atoms with E-state index in [4.69, 9.17) is 0 Å². The number of hydrogen-bond donors (Lipinski definition) is 0. The number of carbonyl (C=O) groups excluding carboxylic acids is 1. The summed E-state index contributed by atoms with van der Waals surface area (Å²) in [6, 6.07) is 10.2. The number of benzene rings is 2. The first kappa shape index (κ1) is 8.42. The zero-order valence-electron chi connectivity index (χ0n) is 8.23. The minimum atomic E-state index is 0.855. The summed E-state index contributed by atoms with van der Waals surface area (Å²) >= 11 is 0. The molecule has 0 N–H and O–H groups in total. The summed E-state index contributed by atoms with van der Waals surface area (Å²) in [5, 5.41) is 2.21. The molecule has 0 fully saturated rings. The van der Waals surface area contributed by atoms with Gasteiger partial charge >= 0.3 is 0 Å². The van der Waals surface area contributed by atoms with Gasteiger partial charge in [-0.15, -0.1) is 0 Å². The van der Waals surface area contributed by atoms with Crippen LogP contribution in [0, 0.1) is 0 Å². The largest absolute Gasteiger partial charge is 0.298 e. The molecule has 0 heterocycles. The normalized spacial score (nSPS) is 13.1. The molecule has 0 unspecified atom stereocenters. The molecule has 1 heteroatoms. The van der Waals surface area contributed by atoms with E-state index in [1.165, 1.54) is 11.1 Å². The summed E-state index contributed by atoms with van der Waals surface area (Å²) in [7, 11) is 0. The van der Waals surface area contributed by atoms with Crippen molar-refractivity contribution in [2.75, 3.05) is 0 Å². The van der Waals surface area contributed by atoms with Gasteiger partial charge in [0.05, 0.1) is 0 Å². The molecule has 0 aliphatic heterocycles. The SMILES string of the molecule is O=Cc1c2c(cc3ccccc13)C=CC2. The Bertz CT molecular complexity index is 579. The Balaban J connectivity index is 2.49. The average molecular weight is 194 g/mol. The molecule has 0 saturated carbocycles. The molecule has 0 radical (unpaired) electrons. The summed E-state index contributed by atoms with van der Waals surface area (Å²) in [5.74, 6) is 0. The molecule has 0 amide bonds. The van der Waals surface area contributed by atoms with E-state index in [1.807, 2.05) is 18.2 Å². The van der Waals surface area contributed by atoms with Gasteiger partial charge < -0.3 is 0 Å². The fourth-order valence-corrected chi connectivity index (χ4v) is 2.26. The van der Waals surface area contributed by atoms with Gasteiger partial charge in [-0.2, -0.15) is 0 Å². The van der Waals surface area contributed by atoms with E-state index in [0.717, 1.165) is 29.0 Å². The highest BCUT2D eigenvalue weighted by atomic mass is 16.1. The maximum Gasteiger partial charge on any atom is 0.150 e. The number of allylic oxidation sites excluding steroid dienone is 1. The number of hydrogen-bond acceptors (Lipinski definition) is 1. The molecule has 1 aliphatic carbocycles. The average Bonchev–Trinajstić information content (AvgIpc) is 2.73. The van der Waals surface area contributed by atoms with Crippen molar-refractivity contribution in [3.8, 4) is 0 Å².